The van der Waals surface area contributed by atoms with Crippen LogP contribution in [-0.2, 0) is 9.59 Å². The van der Waals surface area contributed by atoms with E-state index in [0.717, 1.165) is 19.4 Å². The lowest BCUT2D eigenvalue weighted by Gasteiger charge is -2.24. The van der Waals surface area contributed by atoms with Crippen molar-refractivity contribution in [3.8, 4) is 0 Å². The van der Waals surface area contributed by atoms with E-state index in [9.17, 15) is 9.59 Å². The van der Waals surface area contributed by atoms with Gasteiger partial charge in [0.25, 0.3) is 0 Å². The summed E-state index contributed by atoms with van der Waals surface area (Å²) in [5.41, 5.74) is -0.560. The smallest absolute Gasteiger partial charge is 0.239 e. The molecule has 2 amide bonds. The molecule has 1 fully saturated rings. The van der Waals surface area contributed by atoms with Gasteiger partial charge in [-0.1, -0.05) is 6.92 Å². The summed E-state index contributed by atoms with van der Waals surface area (Å²) in [5.74, 6) is 0.300. The van der Waals surface area contributed by atoms with Crippen LogP contribution in [0.4, 0.5) is 0 Å². The quantitative estimate of drug-likeness (QED) is 0.550. The standard InChI is InChI=1S/C12H23N3O2/c1-4-15-12(2,3)11(17)14-8-7-13-10(16)9-5-6-9/h9,15H,4-8H2,1-3H3,(H,13,16)(H,14,17). The largest absolute Gasteiger partial charge is 0.354 e. The summed E-state index contributed by atoms with van der Waals surface area (Å²) >= 11 is 0. The first kappa shape index (κ1) is 14.0. The fourth-order valence-electron chi connectivity index (χ4n) is 1.59. The maximum atomic E-state index is 11.8. The molecule has 0 aromatic rings. The van der Waals surface area contributed by atoms with Gasteiger partial charge >= 0.3 is 0 Å². The molecule has 0 aliphatic heterocycles. The van der Waals surface area contributed by atoms with Crippen LogP contribution in [0.25, 0.3) is 0 Å². The van der Waals surface area contributed by atoms with Crippen LogP contribution in [0.5, 0.6) is 0 Å². The van der Waals surface area contributed by atoms with E-state index in [-0.39, 0.29) is 17.7 Å². The normalized spacial score (nSPS) is 15.5. The molecule has 0 heterocycles. The minimum Gasteiger partial charge on any atom is -0.354 e. The van der Waals surface area contributed by atoms with E-state index >= 15 is 0 Å². The zero-order chi connectivity index (χ0) is 12.9. The molecule has 1 rings (SSSR count). The number of carbonyl (C=O) groups is 2. The van der Waals surface area contributed by atoms with Crippen molar-refractivity contribution in [1.29, 1.82) is 0 Å². The Morgan fingerprint density at radius 1 is 1.18 bits per heavy atom. The summed E-state index contributed by atoms with van der Waals surface area (Å²) in [6.45, 7) is 7.38. The number of hydrogen-bond acceptors (Lipinski definition) is 3. The molecule has 3 N–H and O–H groups in total. The molecule has 0 saturated heterocycles. The zero-order valence-corrected chi connectivity index (χ0v) is 10.9. The maximum absolute atomic E-state index is 11.8. The molecule has 0 atom stereocenters. The average Bonchev–Trinajstić information content (AvgIpc) is 3.07. The molecule has 1 aliphatic rings. The second-order valence-corrected chi connectivity index (χ2v) is 4.98. The molecule has 0 aromatic heterocycles. The first-order valence-corrected chi connectivity index (χ1v) is 6.28. The maximum Gasteiger partial charge on any atom is 0.239 e. The van der Waals surface area contributed by atoms with Gasteiger partial charge in [0.15, 0.2) is 0 Å². The van der Waals surface area contributed by atoms with Gasteiger partial charge in [0.1, 0.15) is 0 Å². The van der Waals surface area contributed by atoms with Gasteiger partial charge in [0, 0.05) is 19.0 Å². The molecule has 1 saturated carbocycles. The van der Waals surface area contributed by atoms with Crippen LogP contribution in [0.15, 0.2) is 0 Å². The van der Waals surface area contributed by atoms with Crippen LogP contribution in [0.1, 0.15) is 33.6 Å². The Hall–Kier alpha value is -1.10. The summed E-state index contributed by atoms with van der Waals surface area (Å²) in [4.78, 5) is 23.1. The van der Waals surface area contributed by atoms with E-state index in [1.165, 1.54) is 0 Å². The molecule has 5 nitrogen and oxygen atoms in total. The van der Waals surface area contributed by atoms with E-state index < -0.39 is 5.54 Å². The zero-order valence-electron chi connectivity index (χ0n) is 10.9. The van der Waals surface area contributed by atoms with Crippen molar-refractivity contribution in [1.82, 2.24) is 16.0 Å². The van der Waals surface area contributed by atoms with Crippen molar-refractivity contribution < 1.29 is 9.59 Å². The van der Waals surface area contributed by atoms with E-state index in [4.69, 9.17) is 0 Å². The molecular formula is C12H23N3O2. The number of amides is 2. The van der Waals surface area contributed by atoms with Gasteiger partial charge in [0.05, 0.1) is 5.54 Å². The Morgan fingerprint density at radius 2 is 1.76 bits per heavy atom. The van der Waals surface area contributed by atoms with Crippen LogP contribution in [0, 0.1) is 5.92 Å². The summed E-state index contributed by atoms with van der Waals surface area (Å²) in [6.07, 6.45) is 2.01. The lowest BCUT2D eigenvalue weighted by atomic mass is 10.0. The minimum atomic E-state index is -0.560. The highest BCUT2D eigenvalue weighted by atomic mass is 16.2. The number of likely N-dealkylation sites (N-methyl/N-ethyl adjacent to an activating group) is 1. The molecule has 0 spiro atoms. The van der Waals surface area contributed by atoms with E-state index in [1.807, 2.05) is 20.8 Å². The Bertz CT molecular complexity index is 285. The van der Waals surface area contributed by atoms with Gasteiger partial charge in [-0.05, 0) is 33.2 Å². The van der Waals surface area contributed by atoms with Crippen LogP contribution in [0.2, 0.25) is 0 Å². The predicted molar refractivity (Wildman–Crippen MR) is 66.5 cm³/mol. The van der Waals surface area contributed by atoms with Crippen molar-refractivity contribution in [2.24, 2.45) is 5.92 Å². The van der Waals surface area contributed by atoms with Gasteiger partial charge < -0.3 is 16.0 Å². The molecule has 98 valence electrons. The Labute approximate surface area is 103 Å². The highest BCUT2D eigenvalue weighted by Crippen LogP contribution is 2.28. The van der Waals surface area contributed by atoms with Crippen LogP contribution in [-0.4, -0.2) is 37.0 Å². The number of carbonyl (C=O) groups excluding carboxylic acids is 2. The van der Waals surface area contributed by atoms with Crippen LogP contribution < -0.4 is 16.0 Å². The fraction of sp³-hybridized carbons (Fsp3) is 0.833. The van der Waals surface area contributed by atoms with Crippen molar-refractivity contribution in [3.05, 3.63) is 0 Å². The SMILES string of the molecule is CCNC(C)(C)C(=O)NCCNC(=O)C1CC1. The second kappa shape index (κ2) is 6.00. The Kier molecular flexibility index (Phi) is 4.93. The van der Waals surface area contributed by atoms with Gasteiger partial charge in [-0.2, -0.15) is 0 Å². The lowest BCUT2D eigenvalue weighted by Crippen LogP contribution is -2.53. The van der Waals surface area contributed by atoms with E-state index in [0.29, 0.717) is 13.1 Å². The third-order valence-corrected chi connectivity index (χ3v) is 2.84. The summed E-state index contributed by atoms with van der Waals surface area (Å²) in [7, 11) is 0. The third-order valence-electron chi connectivity index (χ3n) is 2.84. The molecule has 1 aliphatic carbocycles. The first-order chi connectivity index (χ1) is 7.97. The Morgan fingerprint density at radius 3 is 2.29 bits per heavy atom. The molecule has 0 radical (unpaired) electrons. The predicted octanol–water partition coefficient (Wildman–Crippen LogP) is 0.0169. The van der Waals surface area contributed by atoms with Crippen LogP contribution in [0.3, 0.4) is 0 Å². The topological polar surface area (TPSA) is 70.2 Å². The molecule has 5 heteroatoms. The lowest BCUT2D eigenvalue weighted by molar-refractivity contribution is -0.127. The van der Waals surface area contributed by atoms with Crippen molar-refractivity contribution in [2.45, 2.75) is 39.2 Å². The highest BCUT2D eigenvalue weighted by Gasteiger charge is 2.29. The van der Waals surface area contributed by atoms with Gasteiger partial charge in [-0.25, -0.2) is 0 Å². The number of nitrogens with one attached hydrogen (secondary N) is 3. The van der Waals surface area contributed by atoms with Gasteiger partial charge in [-0.3, -0.25) is 9.59 Å². The third kappa shape index (κ3) is 4.73. The molecule has 0 bridgehead atoms. The van der Waals surface area contributed by atoms with E-state index in [2.05, 4.69) is 16.0 Å². The molecule has 0 unspecified atom stereocenters. The van der Waals surface area contributed by atoms with Crippen molar-refractivity contribution in [3.63, 3.8) is 0 Å². The van der Waals surface area contributed by atoms with Crippen LogP contribution >= 0.6 is 0 Å². The molecule has 17 heavy (non-hydrogen) atoms. The molecule has 0 aromatic carbocycles. The number of hydrogen-bond donors (Lipinski definition) is 3. The van der Waals surface area contributed by atoms with Gasteiger partial charge in [0.2, 0.25) is 11.8 Å². The first-order valence-electron chi connectivity index (χ1n) is 6.28. The van der Waals surface area contributed by atoms with Gasteiger partial charge in [-0.15, -0.1) is 0 Å². The molecular weight excluding hydrogens is 218 g/mol. The summed E-state index contributed by atoms with van der Waals surface area (Å²) < 4.78 is 0. The summed E-state index contributed by atoms with van der Waals surface area (Å²) in [5, 5.41) is 8.72. The summed E-state index contributed by atoms with van der Waals surface area (Å²) in [6, 6.07) is 0. The van der Waals surface area contributed by atoms with E-state index in [1.54, 1.807) is 0 Å². The van der Waals surface area contributed by atoms with Crippen molar-refractivity contribution >= 4 is 11.8 Å². The fourth-order valence-corrected chi connectivity index (χ4v) is 1.59. The average molecular weight is 241 g/mol. The monoisotopic (exact) mass is 241 g/mol. The number of rotatable bonds is 7. The minimum absolute atomic E-state index is 0.0416. The van der Waals surface area contributed by atoms with Crippen molar-refractivity contribution in [2.75, 3.05) is 19.6 Å². The second-order valence-electron chi connectivity index (χ2n) is 4.98. The highest BCUT2D eigenvalue weighted by molar-refractivity contribution is 5.85. The Balaban J connectivity index is 2.12.